The van der Waals surface area contributed by atoms with E-state index in [9.17, 15) is 10.4 Å². The van der Waals surface area contributed by atoms with Gasteiger partial charge in [-0.1, -0.05) is 25.3 Å². The van der Waals surface area contributed by atoms with Gasteiger partial charge in [-0.3, -0.25) is 0 Å². The number of ether oxygens (including phenoxy) is 1. The van der Waals surface area contributed by atoms with Gasteiger partial charge < -0.3 is 15.6 Å². The molecule has 1 aromatic carbocycles. The molecule has 1 aromatic rings. The van der Waals surface area contributed by atoms with Crippen molar-refractivity contribution < 1.29 is 9.84 Å². The van der Waals surface area contributed by atoms with E-state index in [1.54, 1.807) is 12.1 Å². The Kier molecular flexibility index (Phi) is 3.27. The van der Waals surface area contributed by atoms with Gasteiger partial charge in [0.1, 0.15) is 17.6 Å². The Labute approximate surface area is 118 Å². The van der Waals surface area contributed by atoms with Crippen molar-refractivity contribution in [3.63, 3.8) is 0 Å². The minimum Gasteiger partial charge on any atom is -0.508 e. The van der Waals surface area contributed by atoms with E-state index in [0.717, 1.165) is 18.4 Å². The molecule has 1 aliphatic heterocycles. The van der Waals surface area contributed by atoms with E-state index in [-0.39, 0.29) is 17.6 Å². The third kappa shape index (κ3) is 2.09. The normalized spacial score (nSPS) is 22.9. The Morgan fingerprint density at radius 2 is 2.00 bits per heavy atom. The first kappa shape index (κ1) is 12.9. The van der Waals surface area contributed by atoms with Gasteiger partial charge in [0.15, 0.2) is 0 Å². The molecular weight excluding hydrogens is 252 g/mol. The molecule has 0 radical (unpaired) electrons. The van der Waals surface area contributed by atoms with Crippen LogP contribution in [0.5, 0.6) is 11.5 Å². The number of hydrogen-bond acceptors (Lipinski definition) is 4. The number of rotatable bonds is 1. The maximum atomic E-state index is 9.59. The number of nitrogens with two attached hydrogens (primary N) is 1. The second-order valence-corrected chi connectivity index (χ2v) is 5.59. The summed E-state index contributed by atoms with van der Waals surface area (Å²) in [5.74, 6) is 1.35. The number of phenols is 1. The SMILES string of the molecule is N#CC1=C(N)Oc2cc(O)ccc2[C@H]1C1CCCCC1. The second kappa shape index (κ2) is 5.09. The van der Waals surface area contributed by atoms with E-state index in [0.29, 0.717) is 17.2 Å². The average Bonchev–Trinajstić information content (AvgIpc) is 2.46. The fraction of sp³-hybridized carbons (Fsp3) is 0.438. The molecule has 20 heavy (non-hydrogen) atoms. The fourth-order valence-corrected chi connectivity index (χ4v) is 3.43. The third-order valence-corrected chi connectivity index (χ3v) is 4.37. The van der Waals surface area contributed by atoms with Crippen molar-refractivity contribution in [1.29, 1.82) is 5.26 Å². The smallest absolute Gasteiger partial charge is 0.205 e. The molecule has 0 aromatic heterocycles. The Hall–Kier alpha value is -2.15. The topological polar surface area (TPSA) is 79.3 Å². The number of allylic oxidation sites excluding steroid dienone is 1. The molecule has 1 atom stereocenters. The van der Waals surface area contributed by atoms with Gasteiger partial charge in [-0.05, 0) is 24.8 Å². The molecule has 0 saturated heterocycles. The molecule has 1 aliphatic carbocycles. The van der Waals surface area contributed by atoms with E-state index < -0.39 is 0 Å². The predicted molar refractivity (Wildman–Crippen MR) is 74.9 cm³/mol. The molecule has 4 nitrogen and oxygen atoms in total. The number of aromatic hydroxyl groups is 1. The summed E-state index contributed by atoms with van der Waals surface area (Å²) in [6.07, 6.45) is 5.90. The zero-order valence-corrected chi connectivity index (χ0v) is 11.3. The lowest BCUT2D eigenvalue weighted by atomic mass is 9.72. The van der Waals surface area contributed by atoms with Crippen LogP contribution in [-0.2, 0) is 0 Å². The summed E-state index contributed by atoms with van der Waals surface area (Å²) in [4.78, 5) is 0. The lowest BCUT2D eigenvalue weighted by Crippen LogP contribution is -2.26. The molecule has 0 spiro atoms. The molecule has 0 unspecified atom stereocenters. The molecule has 4 heteroatoms. The van der Waals surface area contributed by atoms with Crippen molar-refractivity contribution in [3.05, 3.63) is 35.2 Å². The molecule has 3 N–H and O–H groups in total. The molecule has 1 saturated carbocycles. The van der Waals surface area contributed by atoms with Crippen LogP contribution in [0.25, 0.3) is 0 Å². The van der Waals surface area contributed by atoms with Gasteiger partial charge in [-0.25, -0.2) is 0 Å². The summed E-state index contributed by atoms with van der Waals surface area (Å²) in [5, 5.41) is 19.0. The molecule has 1 fully saturated rings. The largest absolute Gasteiger partial charge is 0.508 e. The van der Waals surface area contributed by atoms with Gasteiger partial charge in [-0.2, -0.15) is 5.26 Å². The van der Waals surface area contributed by atoms with Gasteiger partial charge in [-0.15, -0.1) is 0 Å². The lowest BCUT2D eigenvalue weighted by molar-refractivity contribution is 0.298. The van der Waals surface area contributed by atoms with Crippen molar-refractivity contribution in [2.75, 3.05) is 0 Å². The van der Waals surface area contributed by atoms with Crippen molar-refractivity contribution in [1.82, 2.24) is 0 Å². The zero-order chi connectivity index (χ0) is 14.1. The van der Waals surface area contributed by atoms with Crippen molar-refractivity contribution >= 4 is 0 Å². The van der Waals surface area contributed by atoms with Gasteiger partial charge >= 0.3 is 0 Å². The molecular formula is C16H18N2O2. The van der Waals surface area contributed by atoms with Crippen LogP contribution >= 0.6 is 0 Å². The number of benzene rings is 1. The van der Waals surface area contributed by atoms with E-state index in [1.165, 1.54) is 19.3 Å². The number of nitriles is 1. The summed E-state index contributed by atoms with van der Waals surface area (Å²) in [6, 6.07) is 7.30. The number of fused-ring (bicyclic) bond motifs is 1. The number of nitrogens with zero attached hydrogens (tertiary/aromatic N) is 1. The Bertz CT molecular complexity index is 595. The maximum Gasteiger partial charge on any atom is 0.205 e. The Morgan fingerprint density at radius 1 is 1.25 bits per heavy atom. The monoisotopic (exact) mass is 270 g/mol. The Balaban J connectivity index is 2.07. The van der Waals surface area contributed by atoms with Gasteiger partial charge in [0.05, 0.1) is 5.57 Å². The molecule has 3 rings (SSSR count). The van der Waals surface area contributed by atoms with Crippen LogP contribution in [0.4, 0.5) is 0 Å². The van der Waals surface area contributed by atoms with Crippen LogP contribution in [-0.4, -0.2) is 5.11 Å². The van der Waals surface area contributed by atoms with E-state index in [1.807, 2.05) is 6.07 Å². The van der Waals surface area contributed by atoms with Gasteiger partial charge in [0.25, 0.3) is 0 Å². The van der Waals surface area contributed by atoms with Crippen LogP contribution in [0.15, 0.2) is 29.7 Å². The van der Waals surface area contributed by atoms with Crippen molar-refractivity contribution in [3.8, 4) is 17.6 Å². The fourth-order valence-electron chi connectivity index (χ4n) is 3.43. The highest BCUT2D eigenvalue weighted by molar-refractivity contribution is 5.52. The van der Waals surface area contributed by atoms with Crippen molar-refractivity contribution in [2.45, 2.75) is 38.0 Å². The van der Waals surface area contributed by atoms with Crippen LogP contribution < -0.4 is 10.5 Å². The number of hydrogen-bond donors (Lipinski definition) is 2. The molecule has 2 aliphatic rings. The van der Waals surface area contributed by atoms with Crippen molar-refractivity contribution in [2.24, 2.45) is 11.7 Å². The van der Waals surface area contributed by atoms with Gasteiger partial charge in [0, 0.05) is 17.5 Å². The summed E-state index contributed by atoms with van der Waals surface area (Å²) in [7, 11) is 0. The zero-order valence-electron chi connectivity index (χ0n) is 11.3. The van der Waals surface area contributed by atoms with Crippen LogP contribution in [0.3, 0.4) is 0 Å². The van der Waals surface area contributed by atoms with E-state index in [2.05, 4.69) is 6.07 Å². The molecule has 0 bridgehead atoms. The highest BCUT2D eigenvalue weighted by atomic mass is 16.5. The third-order valence-electron chi connectivity index (χ3n) is 4.37. The summed E-state index contributed by atoms with van der Waals surface area (Å²) >= 11 is 0. The Morgan fingerprint density at radius 3 is 2.70 bits per heavy atom. The summed E-state index contributed by atoms with van der Waals surface area (Å²) in [6.45, 7) is 0. The standard InChI is InChI=1S/C16H18N2O2/c17-9-13-15(10-4-2-1-3-5-10)12-7-6-11(19)8-14(12)20-16(13)18/h6-8,10,15,19H,1-5,18H2/t15-/m1/s1. The first-order chi connectivity index (χ1) is 9.70. The summed E-state index contributed by atoms with van der Waals surface area (Å²) < 4.78 is 5.51. The van der Waals surface area contributed by atoms with Gasteiger partial charge in [0.2, 0.25) is 5.88 Å². The van der Waals surface area contributed by atoms with E-state index >= 15 is 0 Å². The maximum absolute atomic E-state index is 9.59. The minimum absolute atomic E-state index is 0.00431. The van der Waals surface area contributed by atoms with Crippen LogP contribution in [0.1, 0.15) is 43.6 Å². The summed E-state index contributed by atoms with van der Waals surface area (Å²) in [5.41, 5.74) is 7.41. The highest BCUT2D eigenvalue weighted by Gasteiger charge is 2.35. The predicted octanol–water partition coefficient (Wildman–Crippen LogP) is 3.14. The second-order valence-electron chi connectivity index (χ2n) is 5.59. The lowest BCUT2D eigenvalue weighted by Gasteiger charge is -2.34. The van der Waals surface area contributed by atoms with Crippen LogP contribution in [0.2, 0.25) is 0 Å². The quantitative estimate of drug-likeness (QED) is 0.821. The number of phenolic OH excluding ortho intramolecular Hbond substituents is 1. The van der Waals surface area contributed by atoms with E-state index in [4.69, 9.17) is 10.5 Å². The van der Waals surface area contributed by atoms with Crippen LogP contribution in [0, 0.1) is 17.2 Å². The first-order valence-electron chi connectivity index (χ1n) is 7.11. The molecule has 0 amide bonds. The first-order valence-corrected chi connectivity index (χ1v) is 7.11. The minimum atomic E-state index is 0.00431. The average molecular weight is 270 g/mol. The highest BCUT2D eigenvalue weighted by Crippen LogP contribution is 2.47. The molecule has 104 valence electrons. The molecule has 1 heterocycles.